The molecule has 0 radical (unpaired) electrons. The van der Waals surface area contributed by atoms with E-state index in [1.165, 1.54) is 32.0 Å². The highest BCUT2D eigenvalue weighted by molar-refractivity contribution is 5.94. The molecular formula is C19H27N5O. The van der Waals surface area contributed by atoms with Gasteiger partial charge >= 0.3 is 0 Å². The molecule has 1 aromatic carbocycles. The summed E-state index contributed by atoms with van der Waals surface area (Å²) in [4.78, 5) is 18.8. The van der Waals surface area contributed by atoms with Crippen LogP contribution in [0.5, 0.6) is 0 Å². The maximum atomic E-state index is 12.6. The molecule has 0 spiro atoms. The number of hydrogen-bond acceptors (Lipinski definition) is 4. The molecule has 1 aliphatic carbocycles. The van der Waals surface area contributed by atoms with Crippen molar-refractivity contribution in [2.75, 3.05) is 20.6 Å². The molecule has 0 bridgehead atoms. The molecule has 0 atom stereocenters. The highest BCUT2D eigenvalue weighted by atomic mass is 16.1. The van der Waals surface area contributed by atoms with Crippen LogP contribution in [0.25, 0.3) is 5.69 Å². The van der Waals surface area contributed by atoms with Crippen LogP contribution in [-0.2, 0) is 0 Å². The lowest BCUT2D eigenvalue weighted by atomic mass is 9.88. The van der Waals surface area contributed by atoms with Gasteiger partial charge in [0.15, 0.2) is 0 Å². The predicted molar refractivity (Wildman–Crippen MR) is 97.8 cm³/mol. The van der Waals surface area contributed by atoms with Gasteiger partial charge in [0.1, 0.15) is 12.7 Å². The fraction of sp³-hybridized carbons (Fsp3) is 0.526. The van der Waals surface area contributed by atoms with Gasteiger partial charge in [-0.3, -0.25) is 4.79 Å². The number of amides is 1. The first-order valence-corrected chi connectivity index (χ1v) is 9.01. The SMILES string of the molecule is CN(C)C1(CNC(=O)c2ccc(-n3cncn3)cc2)CCCCCC1. The molecule has 134 valence electrons. The van der Waals surface area contributed by atoms with Crippen molar-refractivity contribution in [2.24, 2.45) is 0 Å². The van der Waals surface area contributed by atoms with Gasteiger partial charge in [0.05, 0.1) is 5.69 Å². The number of benzene rings is 1. The zero-order chi connectivity index (χ0) is 17.7. The Morgan fingerprint density at radius 3 is 2.40 bits per heavy atom. The average molecular weight is 341 g/mol. The summed E-state index contributed by atoms with van der Waals surface area (Å²) in [6.07, 6.45) is 10.5. The minimum Gasteiger partial charge on any atom is -0.350 e. The second-order valence-electron chi connectivity index (χ2n) is 7.10. The largest absolute Gasteiger partial charge is 0.350 e. The summed E-state index contributed by atoms with van der Waals surface area (Å²) < 4.78 is 1.67. The number of nitrogens with one attached hydrogen (secondary N) is 1. The van der Waals surface area contributed by atoms with Crippen LogP contribution < -0.4 is 5.32 Å². The molecule has 1 amide bonds. The molecule has 6 heteroatoms. The van der Waals surface area contributed by atoms with E-state index in [1.807, 2.05) is 24.3 Å². The molecule has 25 heavy (non-hydrogen) atoms. The van der Waals surface area contributed by atoms with Gasteiger partial charge in [-0.2, -0.15) is 5.10 Å². The Bertz CT molecular complexity index is 670. The van der Waals surface area contributed by atoms with Crippen molar-refractivity contribution in [3.8, 4) is 5.69 Å². The maximum Gasteiger partial charge on any atom is 0.251 e. The van der Waals surface area contributed by atoms with E-state index in [-0.39, 0.29) is 11.4 Å². The van der Waals surface area contributed by atoms with Crippen molar-refractivity contribution in [3.63, 3.8) is 0 Å². The lowest BCUT2D eigenvalue weighted by molar-refractivity contribution is 0.0869. The van der Waals surface area contributed by atoms with Crippen molar-refractivity contribution in [1.29, 1.82) is 0 Å². The Hall–Kier alpha value is -2.21. The van der Waals surface area contributed by atoms with Gasteiger partial charge in [-0.25, -0.2) is 9.67 Å². The van der Waals surface area contributed by atoms with Gasteiger partial charge in [0.2, 0.25) is 0 Å². The van der Waals surface area contributed by atoms with Crippen LogP contribution in [0.3, 0.4) is 0 Å². The van der Waals surface area contributed by atoms with Gasteiger partial charge in [-0.05, 0) is 51.2 Å². The lowest BCUT2D eigenvalue weighted by Crippen LogP contribution is -2.52. The lowest BCUT2D eigenvalue weighted by Gasteiger charge is -2.39. The van der Waals surface area contributed by atoms with Gasteiger partial charge in [0, 0.05) is 17.6 Å². The van der Waals surface area contributed by atoms with Gasteiger partial charge < -0.3 is 10.2 Å². The van der Waals surface area contributed by atoms with E-state index in [1.54, 1.807) is 11.0 Å². The molecular weight excluding hydrogens is 314 g/mol. The predicted octanol–water partition coefficient (Wildman–Crippen LogP) is 2.65. The fourth-order valence-electron chi connectivity index (χ4n) is 3.62. The molecule has 1 fully saturated rings. The molecule has 6 nitrogen and oxygen atoms in total. The number of carbonyl (C=O) groups is 1. The topological polar surface area (TPSA) is 63.1 Å². The Labute approximate surface area is 149 Å². The van der Waals surface area contributed by atoms with Gasteiger partial charge in [-0.1, -0.05) is 25.7 Å². The first-order chi connectivity index (χ1) is 12.1. The smallest absolute Gasteiger partial charge is 0.251 e. The zero-order valence-corrected chi connectivity index (χ0v) is 15.1. The quantitative estimate of drug-likeness (QED) is 0.849. The summed E-state index contributed by atoms with van der Waals surface area (Å²) in [6.45, 7) is 0.698. The molecule has 1 N–H and O–H groups in total. The molecule has 1 heterocycles. The first kappa shape index (κ1) is 17.6. The van der Waals surface area contributed by atoms with E-state index in [0.29, 0.717) is 12.1 Å². The number of rotatable bonds is 5. The highest BCUT2D eigenvalue weighted by Crippen LogP contribution is 2.30. The Morgan fingerprint density at radius 1 is 1.16 bits per heavy atom. The molecule has 2 aromatic rings. The Balaban J connectivity index is 1.65. The van der Waals surface area contributed by atoms with Crippen molar-refractivity contribution < 1.29 is 4.79 Å². The summed E-state index contributed by atoms with van der Waals surface area (Å²) >= 11 is 0. The van der Waals surface area contributed by atoms with Crippen LogP contribution in [-0.4, -0.2) is 51.8 Å². The van der Waals surface area contributed by atoms with Crippen LogP contribution in [0.1, 0.15) is 48.9 Å². The molecule has 0 unspecified atom stereocenters. The molecule has 3 rings (SSSR count). The number of carbonyl (C=O) groups excluding carboxylic acids is 1. The molecule has 0 saturated heterocycles. The third-order valence-electron chi connectivity index (χ3n) is 5.37. The first-order valence-electron chi connectivity index (χ1n) is 9.01. The second kappa shape index (κ2) is 7.78. The van der Waals surface area contributed by atoms with Crippen molar-refractivity contribution in [1.82, 2.24) is 25.0 Å². The third-order valence-corrected chi connectivity index (χ3v) is 5.37. The van der Waals surface area contributed by atoms with Crippen LogP contribution in [0.2, 0.25) is 0 Å². The number of nitrogens with zero attached hydrogens (tertiary/aromatic N) is 4. The van der Waals surface area contributed by atoms with E-state index < -0.39 is 0 Å². The fourth-order valence-corrected chi connectivity index (χ4v) is 3.62. The maximum absolute atomic E-state index is 12.6. The van der Waals surface area contributed by atoms with E-state index in [9.17, 15) is 4.79 Å². The molecule has 1 aliphatic rings. The van der Waals surface area contributed by atoms with E-state index in [2.05, 4.69) is 34.4 Å². The van der Waals surface area contributed by atoms with Crippen LogP contribution in [0.4, 0.5) is 0 Å². The summed E-state index contributed by atoms with van der Waals surface area (Å²) in [7, 11) is 4.26. The Kier molecular flexibility index (Phi) is 5.48. The van der Waals surface area contributed by atoms with Crippen LogP contribution in [0, 0.1) is 0 Å². The van der Waals surface area contributed by atoms with E-state index >= 15 is 0 Å². The second-order valence-corrected chi connectivity index (χ2v) is 7.10. The van der Waals surface area contributed by atoms with E-state index in [0.717, 1.165) is 18.5 Å². The highest BCUT2D eigenvalue weighted by Gasteiger charge is 2.33. The minimum absolute atomic E-state index is 0.0180. The normalized spacial score (nSPS) is 17.2. The van der Waals surface area contributed by atoms with Crippen molar-refractivity contribution in [3.05, 3.63) is 42.5 Å². The molecule has 0 aliphatic heterocycles. The Morgan fingerprint density at radius 2 is 1.84 bits per heavy atom. The summed E-state index contributed by atoms with van der Waals surface area (Å²) in [6, 6.07) is 7.44. The van der Waals surface area contributed by atoms with Gasteiger partial charge in [-0.15, -0.1) is 0 Å². The molecule has 1 aromatic heterocycles. The monoisotopic (exact) mass is 341 g/mol. The summed E-state index contributed by atoms with van der Waals surface area (Å²) in [5.74, 6) is -0.0180. The van der Waals surface area contributed by atoms with E-state index in [4.69, 9.17) is 0 Å². The number of hydrogen-bond donors (Lipinski definition) is 1. The number of aromatic nitrogens is 3. The van der Waals surface area contributed by atoms with Crippen molar-refractivity contribution in [2.45, 2.75) is 44.1 Å². The minimum atomic E-state index is -0.0180. The third kappa shape index (κ3) is 4.07. The van der Waals surface area contributed by atoms with Crippen LogP contribution in [0.15, 0.2) is 36.9 Å². The van der Waals surface area contributed by atoms with Gasteiger partial charge in [0.25, 0.3) is 5.91 Å². The summed E-state index contributed by atoms with van der Waals surface area (Å²) in [5, 5.41) is 7.25. The standard InChI is InChI=1S/C19H27N5O/c1-23(2)19(11-5-3-4-6-12-19)13-21-18(25)16-7-9-17(10-8-16)24-15-20-14-22-24/h7-10,14-15H,3-6,11-13H2,1-2H3,(H,21,25). The average Bonchev–Trinajstić information content (AvgIpc) is 3.05. The van der Waals surface area contributed by atoms with Crippen molar-refractivity contribution >= 4 is 5.91 Å². The number of likely N-dealkylation sites (N-methyl/N-ethyl adjacent to an activating group) is 1. The summed E-state index contributed by atoms with van der Waals surface area (Å²) in [5.41, 5.74) is 1.64. The molecule has 1 saturated carbocycles. The zero-order valence-electron chi connectivity index (χ0n) is 15.1. The van der Waals surface area contributed by atoms with Crippen LogP contribution >= 0.6 is 0 Å².